The lowest BCUT2D eigenvalue weighted by atomic mass is 9.62. The first-order chi connectivity index (χ1) is 19.3. The number of rotatable bonds is 7. The molecule has 5 N–H and O–H groups in total. The van der Waals surface area contributed by atoms with Crippen molar-refractivity contribution in [2.24, 2.45) is 5.41 Å². The smallest absolute Gasteiger partial charge is 0.237 e. The number of hydrogen-bond acceptors (Lipinski definition) is 6. The monoisotopic (exact) mass is 606 g/mol. The van der Waals surface area contributed by atoms with Crippen molar-refractivity contribution in [3.63, 3.8) is 0 Å². The van der Waals surface area contributed by atoms with Crippen molar-refractivity contribution in [1.82, 2.24) is 15.5 Å². The molecule has 2 fully saturated rings. The van der Waals surface area contributed by atoms with Crippen LogP contribution in [0.15, 0.2) is 36.4 Å². The lowest BCUT2D eigenvalue weighted by Crippen LogP contribution is -2.49. The Balaban J connectivity index is 1.51. The van der Waals surface area contributed by atoms with Crippen molar-refractivity contribution in [1.29, 1.82) is 0 Å². The number of anilines is 1. The van der Waals surface area contributed by atoms with Gasteiger partial charge in [-0.1, -0.05) is 56.1 Å². The highest BCUT2D eigenvalue weighted by Gasteiger charge is 2.65. The molecule has 0 bridgehead atoms. The van der Waals surface area contributed by atoms with Gasteiger partial charge in [-0.25, -0.2) is 4.39 Å². The molecule has 1 spiro atoms. The fourth-order valence-electron chi connectivity index (χ4n) is 6.79. The standard InChI is InChI=1S/C30H37Cl2FN4O4/c1-29(2,3)13-24-30(18-11-20(33)19(32)12-21(18)35-28(30)41)25(16-6-4-7-17(31)10-16)26(36-24)27(40)34-8-5-9-37-14-22(38)23(39)15-37/h4,6-7,10-12,22-26,36,38-39H,5,8-9,13-15H2,1-3H3,(H,34,40)(H,35,41)/t22-,23+,24-,25+,26-,30+/m1/s1. The lowest BCUT2D eigenvalue weighted by Gasteiger charge is -2.37. The van der Waals surface area contributed by atoms with Gasteiger partial charge in [0.1, 0.15) is 11.2 Å². The highest BCUT2D eigenvalue weighted by molar-refractivity contribution is 6.31. The maximum Gasteiger partial charge on any atom is 0.237 e. The Morgan fingerprint density at radius 3 is 2.54 bits per heavy atom. The second-order valence-corrected chi connectivity index (χ2v) is 13.5. The molecule has 2 saturated heterocycles. The highest BCUT2D eigenvalue weighted by Crippen LogP contribution is 2.57. The zero-order valence-electron chi connectivity index (χ0n) is 23.4. The van der Waals surface area contributed by atoms with Crippen molar-refractivity contribution < 1.29 is 24.2 Å². The van der Waals surface area contributed by atoms with Crippen molar-refractivity contribution in [3.05, 3.63) is 63.4 Å². The van der Waals surface area contributed by atoms with E-state index < -0.39 is 41.4 Å². The first kappa shape index (κ1) is 30.2. The Morgan fingerprint density at radius 1 is 1.17 bits per heavy atom. The maximum absolute atomic E-state index is 15.0. The average Bonchev–Trinajstić information content (AvgIpc) is 3.48. The molecule has 2 aromatic carbocycles. The van der Waals surface area contributed by atoms with Crippen LogP contribution in [0.5, 0.6) is 0 Å². The van der Waals surface area contributed by atoms with Gasteiger partial charge >= 0.3 is 0 Å². The molecule has 8 nitrogen and oxygen atoms in total. The Kier molecular flexibility index (Phi) is 8.42. The Morgan fingerprint density at radius 2 is 1.88 bits per heavy atom. The first-order valence-electron chi connectivity index (χ1n) is 14.0. The van der Waals surface area contributed by atoms with Crippen LogP contribution in [0.1, 0.15) is 50.7 Å². The number of benzene rings is 2. The summed E-state index contributed by atoms with van der Waals surface area (Å²) >= 11 is 12.5. The van der Waals surface area contributed by atoms with E-state index in [-0.39, 0.29) is 22.3 Å². The van der Waals surface area contributed by atoms with Crippen LogP contribution >= 0.6 is 23.2 Å². The van der Waals surface area contributed by atoms with E-state index in [4.69, 9.17) is 23.2 Å². The first-order valence-corrected chi connectivity index (χ1v) is 14.8. The Labute approximate surface area is 249 Å². The number of aliphatic hydroxyl groups excluding tert-OH is 2. The number of fused-ring (bicyclic) bond motifs is 2. The summed E-state index contributed by atoms with van der Waals surface area (Å²) in [5.74, 6) is -1.92. The summed E-state index contributed by atoms with van der Waals surface area (Å²) in [5.41, 5.74) is 0.0683. The fraction of sp³-hybridized carbons (Fsp3) is 0.533. The molecule has 11 heteroatoms. The molecule has 3 aliphatic rings. The molecule has 0 aliphatic carbocycles. The zero-order valence-corrected chi connectivity index (χ0v) is 24.9. The van der Waals surface area contributed by atoms with E-state index in [2.05, 4.69) is 36.7 Å². The van der Waals surface area contributed by atoms with E-state index in [1.807, 2.05) is 11.0 Å². The highest BCUT2D eigenvalue weighted by atomic mass is 35.5. The van der Waals surface area contributed by atoms with Gasteiger partial charge in [-0.15, -0.1) is 0 Å². The number of carbonyl (C=O) groups is 2. The van der Waals surface area contributed by atoms with Crippen molar-refractivity contribution in [2.45, 2.75) is 69.2 Å². The van der Waals surface area contributed by atoms with E-state index in [1.54, 1.807) is 18.2 Å². The van der Waals surface area contributed by atoms with Gasteiger partial charge in [0.15, 0.2) is 0 Å². The summed E-state index contributed by atoms with van der Waals surface area (Å²) in [4.78, 5) is 30.0. The number of β-amino-alcohol motifs (C(OH)–C–C–N with tert-alkyl or cyclic N) is 2. The summed E-state index contributed by atoms with van der Waals surface area (Å²) in [6, 6.07) is 8.56. The minimum Gasteiger partial charge on any atom is -0.389 e. The molecule has 2 amide bonds. The van der Waals surface area contributed by atoms with Gasteiger partial charge in [0.2, 0.25) is 11.8 Å². The molecule has 6 atom stereocenters. The summed E-state index contributed by atoms with van der Waals surface area (Å²) in [7, 11) is 0. The topological polar surface area (TPSA) is 114 Å². The molecule has 0 aromatic heterocycles. The number of aliphatic hydroxyl groups is 2. The van der Waals surface area contributed by atoms with Crippen LogP contribution in [-0.2, 0) is 15.0 Å². The van der Waals surface area contributed by atoms with Crippen LogP contribution in [0.25, 0.3) is 0 Å². The van der Waals surface area contributed by atoms with Gasteiger partial charge in [-0.3, -0.25) is 14.5 Å². The Bertz CT molecular complexity index is 1330. The second-order valence-electron chi connectivity index (χ2n) is 12.7. The molecule has 0 radical (unpaired) electrons. The van der Waals surface area contributed by atoms with Crippen LogP contribution in [0.4, 0.5) is 10.1 Å². The van der Waals surface area contributed by atoms with E-state index >= 15 is 4.39 Å². The van der Waals surface area contributed by atoms with Crippen molar-refractivity contribution in [2.75, 3.05) is 31.5 Å². The molecule has 5 rings (SSSR count). The maximum atomic E-state index is 15.0. The third kappa shape index (κ3) is 5.72. The van der Waals surface area contributed by atoms with Gasteiger partial charge in [-0.2, -0.15) is 0 Å². The molecule has 0 unspecified atom stereocenters. The van der Waals surface area contributed by atoms with E-state index in [0.29, 0.717) is 60.9 Å². The Hall–Kier alpha value is -2.27. The third-order valence-corrected chi connectivity index (χ3v) is 9.00. The van der Waals surface area contributed by atoms with Gasteiger partial charge in [-0.05, 0) is 53.6 Å². The van der Waals surface area contributed by atoms with Crippen LogP contribution < -0.4 is 16.0 Å². The molecule has 3 aliphatic heterocycles. The van der Waals surface area contributed by atoms with Gasteiger partial charge < -0.3 is 26.2 Å². The number of amides is 2. The van der Waals surface area contributed by atoms with Crippen LogP contribution in [-0.4, -0.2) is 77.4 Å². The summed E-state index contributed by atoms with van der Waals surface area (Å²) < 4.78 is 15.0. The van der Waals surface area contributed by atoms with Gasteiger partial charge in [0.05, 0.1) is 23.3 Å². The fourth-order valence-corrected chi connectivity index (χ4v) is 7.15. The average molecular weight is 608 g/mol. The third-order valence-electron chi connectivity index (χ3n) is 8.48. The predicted octanol–water partition coefficient (Wildman–Crippen LogP) is 3.43. The van der Waals surface area contributed by atoms with E-state index in [0.717, 1.165) is 0 Å². The van der Waals surface area contributed by atoms with Crippen molar-refractivity contribution >= 4 is 40.7 Å². The van der Waals surface area contributed by atoms with E-state index in [1.165, 1.54) is 12.1 Å². The second kappa shape index (κ2) is 11.4. The lowest BCUT2D eigenvalue weighted by molar-refractivity contribution is -0.123. The minimum atomic E-state index is -1.30. The molecule has 2 aromatic rings. The summed E-state index contributed by atoms with van der Waals surface area (Å²) in [5, 5.41) is 29.4. The van der Waals surface area contributed by atoms with Gasteiger partial charge in [0, 0.05) is 48.8 Å². The number of nitrogens with zero attached hydrogens (tertiary/aromatic N) is 1. The van der Waals surface area contributed by atoms with E-state index in [9.17, 15) is 19.8 Å². The number of hydrogen-bond donors (Lipinski definition) is 5. The SMILES string of the molecule is CC(C)(C)C[C@H]1N[C@@H](C(=O)NCCCN2C[C@@H](O)[C@@H](O)C2)[C@H](c2cccc(Cl)c2)[C@@]12C(=O)Nc1cc(Cl)c(F)cc12. The normalized spacial score (nSPS) is 29.7. The van der Waals surface area contributed by atoms with Gasteiger partial charge in [0.25, 0.3) is 0 Å². The van der Waals surface area contributed by atoms with Crippen molar-refractivity contribution in [3.8, 4) is 0 Å². The predicted molar refractivity (Wildman–Crippen MR) is 157 cm³/mol. The number of carbonyl (C=O) groups excluding carboxylic acids is 2. The molecule has 222 valence electrons. The zero-order chi connectivity index (χ0) is 29.7. The quantitative estimate of drug-likeness (QED) is 0.309. The summed E-state index contributed by atoms with van der Waals surface area (Å²) in [6.07, 6.45) is -0.378. The largest absolute Gasteiger partial charge is 0.389 e. The molecule has 3 heterocycles. The van der Waals surface area contributed by atoms with Crippen LogP contribution in [0.3, 0.4) is 0 Å². The number of nitrogens with one attached hydrogen (secondary N) is 3. The van der Waals surface area contributed by atoms with Crippen LogP contribution in [0.2, 0.25) is 10.0 Å². The molecule has 0 saturated carbocycles. The molecular formula is C30H37Cl2FN4O4. The molecule has 41 heavy (non-hydrogen) atoms. The minimum absolute atomic E-state index is 0.0916. The number of halogens is 3. The molecular weight excluding hydrogens is 570 g/mol. The summed E-state index contributed by atoms with van der Waals surface area (Å²) in [6.45, 7) is 7.94. The van der Waals surface area contributed by atoms with Crippen LogP contribution in [0, 0.1) is 11.2 Å². The number of likely N-dealkylation sites (tertiary alicyclic amines) is 1.